The molecule has 2 atom stereocenters. The number of hydrogen-bond donors (Lipinski definition) is 2. The summed E-state index contributed by atoms with van der Waals surface area (Å²) in [5.74, 6) is -3.52. The third-order valence-electron chi connectivity index (χ3n) is 3.58. The van der Waals surface area contributed by atoms with Gasteiger partial charge in [0.05, 0.1) is 18.6 Å². The smallest absolute Gasteiger partial charge is 0.408 e. The summed E-state index contributed by atoms with van der Waals surface area (Å²) in [7, 11) is 0. The highest BCUT2D eigenvalue weighted by Gasteiger charge is 2.30. The Hall–Kier alpha value is -2.55. The van der Waals surface area contributed by atoms with Crippen molar-refractivity contribution in [1.82, 2.24) is 5.32 Å². The second-order valence-corrected chi connectivity index (χ2v) is 7.19. The minimum Gasteiger partial charge on any atom is -0.481 e. The summed E-state index contributed by atoms with van der Waals surface area (Å²) in [6.07, 6.45) is -1.31. The van der Waals surface area contributed by atoms with E-state index in [1.54, 1.807) is 51.1 Å². The van der Waals surface area contributed by atoms with Crippen LogP contribution in [0.25, 0.3) is 0 Å². The number of halogens is 2. The summed E-state index contributed by atoms with van der Waals surface area (Å²) in [4.78, 5) is 36.0. The lowest BCUT2D eigenvalue weighted by Crippen LogP contribution is -2.45. The number of nitrogens with one attached hydrogen (secondary N) is 1. The van der Waals surface area contributed by atoms with E-state index < -0.39 is 55.0 Å². The summed E-state index contributed by atoms with van der Waals surface area (Å²) < 4.78 is 33.6. The fourth-order valence-corrected chi connectivity index (χ4v) is 2.34. The lowest BCUT2D eigenvalue weighted by atomic mass is 9.95. The monoisotopic (exact) mass is 401 g/mol. The third-order valence-corrected chi connectivity index (χ3v) is 3.58. The number of aliphatic carboxylic acids is 1. The van der Waals surface area contributed by atoms with Crippen LogP contribution >= 0.6 is 0 Å². The molecule has 0 bridgehead atoms. The van der Waals surface area contributed by atoms with Crippen LogP contribution in [0.5, 0.6) is 0 Å². The van der Waals surface area contributed by atoms with Gasteiger partial charge in [-0.25, -0.2) is 4.79 Å². The number of hydrogen-bond acceptors (Lipinski definition) is 5. The van der Waals surface area contributed by atoms with Gasteiger partial charge in [-0.15, -0.1) is 0 Å². The largest absolute Gasteiger partial charge is 0.481 e. The maximum Gasteiger partial charge on any atom is 0.408 e. The molecule has 0 aliphatic heterocycles. The number of carbonyl (C=O) groups is 3. The highest BCUT2D eigenvalue weighted by atomic mass is 19.3. The molecule has 0 aliphatic carbocycles. The van der Waals surface area contributed by atoms with E-state index in [-0.39, 0.29) is 6.42 Å². The molecule has 0 heterocycles. The number of carboxylic acid groups (broad SMARTS) is 1. The standard InChI is InChI=1S/C19H25F2NO6/c1-19(2,3)28-18(26)22-14(9-12-7-5-4-6-8-12)15(23)10-13(16(24)25)11-27-17(20)21/h4-8,13-14,17H,9-11H2,1-3H3,(H,22,26)(H,24,25)/t13-,14-/m0/s1. The Morgan fingerprint density at radius 3 is 2.25 bits per heavy atom. The number of ether oxygens (including phenoxy) is 2. The minimum absolute atomic E-state index is 0.0982. The molecule has 0 unspecified atom stereocenters. The van der Waals surface area contributed by atoms with E-state index in [1.165, 1.54) is 0 Å². The molecule has 0 saturated carbocycles. The van der Waals surface area contributed by atoms with Crippen LogP contribution in [0.3, 0.4) is 0 Å². The molecule has 1 rings (SSSR count). The fourth-order valence-electron chi connectivity index (χ4n) is 2.34. The quantitative estimate of drug-likeness (QED) is 0.625. The van der Waals surface area contributed by atoms with Crippen LogP contribution in [0.1, 0.15) is 32.8 Å². The van der Waals surface area contributed by atoms with Crippen LogP contribution in [0, 0.1) is 5.92 Å². The van der Waals surface area contributed by atoms with Gasteiger partial charge in [-0.3, -0.25) is 9.59 Å². The molecule has 156 valence electrons. The Morgan fingerprint density at radius 2 is 1.75 bits per heavy atom. The van der Waals surface area contributed by atoms with Crippen molar-refractivity contribution >= 4 is 17.8 Å². The number of alkyl carbamates (subject to hydrolysis) is 1. The van der Waals surface area contributed by atoms with Gasteiger partial charge >= 0.3 is 18.7 Å². The predicted molar refractivity (Wildman–Crippen MR) is 96.0 cm³/mol. The molecule has 0 fully saturated rings. The maximum absolute atomic E-state index is 12.6. The maximum atomic E-state index is 12.6. The summed E-state index contributed by atoms with van der Waals surface area (Å²) in [5.41, 5.74) is -0.0633. The number of ketones is 1. The van der Waals surface area contributed by atoms with Crippen molar-refractivity contribution in [2.24, 2.45) is 5.92 Å². The van der Waals surface area contributed by atoms with E-state index in [0.717, 1.165) is 5.56 Å². The molecule has 1 aromatic carbocycles. The lowest BCUT2D eigenvalue weighted by molar-refractivity contribution is -0.161. The summed E-state index contributed by atoms with van der Waals surface area (Å²) in [5, 5.41) is 11.6. The average Bonchev–Trinajstić information content (AvgIpc) is 2.56. The number of carbonyl (C=O) groups excluding carboxylic acids is 2. The molecular weight excluding hydrogens is 376 g/mol. The van der Waals surface area contributed by atoms with Gasteiger partial charge in [0.1, 0.15) is 5.60 Å². The molecule has 1 amide bonds. The zero-order valence-corrected chi connectivity index (χ0v) is 16.0. The molecular formula is C19H25F2NO6. The van der Waals surface area contributed by atoms with E-state index in [9.17, 15) is 23.2 Å². The van der Waals surface area contributed by atoms with Crippen molar-refractivity contribution in [2.45, 2.75) is 51.9 Å². The van der Waals surface area contributed by atoms with E-state index in [2.05, 4.69) is 10.1 Å². The van der Waals surface area contributed by atoms with E-state index in [4.69, 9.17) is 9.84 Å². The van der Waals surface area contributed by atoms with Gasteiger partial charge in [-0.05, 0) is 32.8 Å². The number of alkyl halides is 2. The normalized spacial score (nSPS) is 13.6. The SMILES string of the molecule is CC(C)(C)OC(=O)N[C@@H](Cc1ccccc1)C(=O)C[C@@H](COC(F)F)C(=O)O. The van der Waals surface area contributed by atoms with Gasteiger partial charge in [0.15, 0.2) is 5.78 Å². The highest BCUT2D eigenvalue weighted by molar-refractivity contribution is 5.90. The number of benzene rings is 1. The van der Waals surface area contributed by atoms with E-state index in [1.807, 2.05) is 0 Å². The number of carboxylic acids is 1. The Kier molecular flexibility index (Phi) is 8.98. The Balaban J connectivity index is 2.90. The van der Waals surface area contributed by atoms with Gasteiger partial charge < -0.3 is 19.9 Å². The first-order valence-corrected chi connectivity index (χ1v) is 8.66. The molecule has 0 saturated heterocycles. The number of Topliss-reactive ketones (excluding diaryl/α,β-unsaturated/α-hetero) is 1. The molecule has 7 nitrogen and oxygen atoms in total. The molecule has 0 aliphatic rings. The number of rotatable bonds is 10. The molecule has 0 aromatic heterocycles. The van der Waals surface area contributed by atoms with Crippen LogP contribution in [-0.4, -0.2) is 47.8 Å². The summed E-state index contributed by atoms with van der Waals surface area (Å²) >= 11 is 0. The molecule has 0 radical (unpaired) electrons. The van der Waals surface area contributed by atoms with Gasteiger partial charge in [0.2, 0.25) is 0 Å². The van der Waals surface area contributed by atoms with Gasteiger partial charge in [-0.1, -0.05) is 30.3 Å². The Bertz CT molecular complexity index is 660. The fraction of sp³-hybridized carbons (Fsp3) is 0.526. The predicted octanol–water partition coefficient (Wildman–Crippen LogP) is 3.02. The van der Waals surface area contributed by atoms with Crippen molar-refractivity contribution in [3.05, 3.63) is 35.9 Å². The Morgan fingerprint density at radius 1 is 1.14 bits per heavy atom. The second kappa shape index (κ2) is 10.7. The van der Waals surface area contributed by atoms with E-state index >= 15 is 0 Å². The van der Waals surface area contributed by atoms with Crippen LogP contribution in [-0.2, 0) is 25.5 Å². The van der Waals surface area contributed by atoms with Crippen LogP contribution in [0.2, 0.25) is 0 Å². The topological polar surface area (TPSA) is 102 Å². The lowest BCUT2D eigenvalue weighted by Gasteiger charge is -2.24. The number of amides is 1. The van der Waals surface area contributed by atoms with Crippen molar-refractivity contribution in [2.75, 3.05) is 6.61 Å². The molecule has 1 aromatic rings. The van der Waals surface area contributed by atoms with Gasteiger partial charge in [0.25, 0.3) is 0 Å². The summed E-state index contributed by atoms with van der Waals surface area (Å²) in [6.45, 7) is 1.01. The van der Waals surface area contributed by atoms with Crippen LogP contribution in [0.4, 0.5) is 13.6 Å². The van der Waals surface area contributed by atoms with E-state index in [0.29, 0.717) is 0 Å². The van der Waals surface area contributed by atoms with Crippen molar-refractivity contribution in [3.8, 4) is 0 Å². The van der Waals surface area contributed by atoms with Crippen LogP contribution in [0.15, 0.2) is 30.3 Å². The first-order chi connectivity index (χ1) is 13.0. The first-order valence-electron chi connectivity index (χ1n) is 8.66. The molecule has 28 heavy (non-hydrogen) atoms. The summed E-state index contributed by atoms with van der Waals surface area (Å²) in [6, 6.07) is 7.69. The van der Waals surface area contributed by atoms with Gasteiger partial charge in [0, 0.05) is 6.42 Å². The van der Waals surface area contributed by atoms with Gasteiger partial charge in [-0.2, -0.15) is 8.78 Å². The highest BCUT2D eigenvalue weighted by Crippen LogP contribution is 2.14. The van der Waals surface area contributed by atoms with Crippen molar-refractivity contribution in [3.63, 3.8) is 0 Å². The second-order valence-electron chi connectivity index (χ2n) is 7.19. The zero-order valence-electron chi connectivity index (χ0n) is 16.0. The van der Waals surface area contributed by atoms with Crippen molar-refractivity contribution in [1.29, 1.82) is 0 Å². The zero-order chi connectivity index (χ0) is 21.3. The van der Waals surface area contributed by atoms with Crippen LogP contribution < -0.4 is 5.32 Å². The Labute approximate surface area is 162 Å². The molecule has 9 heteroatoms. The molecule has 2 N–H and O–H groups in total. The molecule has 0 spiro atoms. The third kappa shape index (κ3) is 9.40. The first kappa shape index (κ1) is 23.5. The average molecular weight is 401 g/mol. The van der Waals surface area contributed by atoms with Crippen molar-refractivity contribution < 1.29 is 37.7 Å². The minimum atomic E-state index is -3.14.